The fourth-order valence-corrected chi connectivity index (χ4v) is 5.61. The van der Waals surface area contributed by atoms with Gasteiger partial charge in [-0.25, -0.2) is 8.42 Å². The second kappa shape index (κ2) is 9.65. The number of carbonyl (C=O) groups excluding carboxylic acids is 1. The number of aromatic nitrogens is 3. The highest BCUT2D eigenvalue weighted by Crippen LogP contribution is 2.28. The molecule has 30 heavy (non-hydrogen) atoms. The van der Waals surface area contributed by atoms with Crippen molar-refractivity contribution in [2.75, 3.05) is 37.4 Å². The highest BCUT2D eigenvalue weighted by molar-refractivity contribution is 7.99. The lowest BCUT2D eigenvalue weighted by Gasteiger charge is -2.26. The lowest BCUT2D eigenvalue weighted by molar-refractivity contribution is -0.113. The Kier molecular flexibility index (Phi) is 7.40. The number of sulfonamides is 1. The summed E-state index contributed by atoms with van der Waals surface area (Å²) in [7, 11) is -1.92. The van der Waals surface area contributed by atoms with E-state index in [1.54, 1.807) is 6.07 Å². The summed E-state index contributed by atoms with van der Waals surface area (Å²) in [5.41, 5.74) is 0.359. The molecule has 1 fully saturated rings. The molecule has 0 radical (unpaired) electrons. The van der Waals surface area contributed by atoms with Crippen LogP contribution in [0.2, 0.25) is 5.02 Å². The Morgan fingerprint density at radius 1 is 1.30 bits per heavy atom. The number of anilines is 1. The molecule has 2 aromatic rings. The van der Waals surface area contributed by atoms with Crippen LogP contribution in [-0.4, -0.2) is 65.5 Å². The van der Waals surface area contributed by atoms with E-state index >= 15 is 0 Å². The second-order valence-corrected chi connectivity index (χ2v) is 10.3. The summed E-state index contributed by atoms with van der Waals surface area (Å²) in [5.74, 6) is 0.893. The van der Waals surface area contributed by atoms with E-state index in [9.17, 15) is 13.2 Å². The van der Waals surface area contributed by atoms with Crippen LogP contribution in [-0.2, 0) is 26.6 Å². The third-order valence-corrected chi connectivity index (χ3v) is 7.92. The number of ether oxygens (including phenoxy) is 1. The van der Waals surface area contributed by atoms with Crippen LogP contribution in [0, 0.1) is 0 Å². The molecule has 1 aromatic carbocycles. The first-order chi connectivity index (χ1) is 14.2. The molecule has 1 amide bonds. The van der Waals surface area contributed by atoms with Gasteiger partial charge < -0.3 is 14.6 Å². The van der Waals surface area contributed by atoms with E-state index in [2.05, 4.69) is 15.5 Å². The van der Waals surface area contributed by atoms with Crippen LogP contribution in [0.15, 0.2) is 28.3 Å². The van der Waals surface area contributed by atoms with E-state index < -0.39 is 10.0 Å². The van der Waals surface area contributed by atoms with Gasteiger partial charge in [0.15, 0.2) is 5.16 Å². The molecule has 1 aliphatic rings. The van der Waals surface area contributed by atoms with E-state index in [0.29, 0.717) is 24.1 Å². The maximum Gasteiger partial charge on any atom is 0.244 e. The van der Waals surface area contributed by atoms with Crippen molar-refractivity contribution in [1.82, 2.24) is 19.1 Å². The van der Waals surface area contributed by atoms with Crippen molar-refractivity contribution in [3.8, 4) is 0 Å². The second-order valence-electron chi connectivity index (χ2n) is 7.05. The van der Waals surface area contributed by atoms with Crippen LogP contribution >= 0.6 is 23.4 Å². The number of carbonyl (C=O) groups is 1. The summed E-state index contributed by atoms with van der Waals surface area (Å²) >= 11 is 7.41. The fourth-order valence-electron chi connectivity index (χ4n) is 2.99. The van der Waals surface area contributed by atoms with Crippen molar-refractivity contribution in [2.24, 2.45) is 7.05 Å². The van der Waals surface area contributed by atoms with Gasteiger partial charge in [0.05, 0.1) is 24.0 Å². The van der Waals surface area contributed by atoms with Crippen molar-refractivity contribution < 1.29 is 17.9 Å². The van der Waals surface area contributed by atoms with Crippen LogP contribution in [0.4, 0.5) is 5.69 Å². The molecular formula is C18H24ClN5O4S2. The number of amides is 1. The molecule has 3 rings (SSSR count). The van der Waals surface area contributed by atoms with E-state index in [1.807, 2.05) is 25.5 Å². The van der Waals surface area contributed by atoms with Crippen molar-refractivity contribution >= 4 is 45.0 Å². The maximum atomic E-state index is 12.9. The van der Waals surface area contributed by atoms with Crippen LogP contribution in [0.1, 0.15) is 25.6 Å². The SMILES string of the molecule is CC(C)c1nnc(SCC(=O)Nc2ccc(Cl)c(S(=O)(=O)N3CCOCC3)c2)n1C. The van der Waals surface area contributed by atoms with Gasteiger partial charge in [-0.05, 0) is 18.2 Å². The van der Waals surface area contributed by atoms with Crippen molar-refractivity contribution in [2.45, 2.75) is 29.8 Å². The Morgan fingerprint density at radius 2 is 2.00 bits per heavy atom. The Balaban J connectivity index is 1.68. The number of benzene rings is 1. The topological polar surface area (TPSA) is 106 Å². The number of nitrogens with one attached hydrogen (secondary N) is 1. The van der Waals surface area contributed by atoms with Crippen molar-refractivity contribution in [3.63, 3.8) is 0 Å². The molecule has 2 heterocycles. The average molecular weight is 474 g/mol. The maximum absolute atomic E-state index is 12.9. The Labute approximate surface area is 185 Å². The van der Waals surface area contributed by atoms with Crippen LogP contribution in [0.5, 0.6) is 0 Å². The Hall–Kier alpha value is -1.66. The first kappa shape index (κ1) is 23.0. The largest absolute Gasteiger partial charge is 0.379 e. The smallest absolute Gasteiger partial charge is 0.244 e. The highest BCUT2D eigenvalue weighted by Gasteiger charge is 2.28. The lowest BCUT2D eigenvalue weighted by Crippen LogP contribution is -2.40. The molecule has 0 spiro atoms. The summed E-state index contributed by atoms with van der Waals surface area (Å²) in [6.45, 7) is 5.25. The summed E-state index contributed by atoms with van der Waals surface area (Å²) in [5, 5.41) is 11.7. The molecule has 0 unspecified atom stereocenters. The monoisotopic (exact) mass is 473 g/mol. The predicted octanol–water partition coefficient (Wildman–Crippen LogP) is 2.34. The van der Waals surface area contributed by atoms with E-state index in [1.165, 1.54) is 28.2 Å². The minimum absolute atomic E-state index is 0.0357. The third-order valence-electron chi connectivity index (χ3n) is 4.52. The van der Waals surface area contributed by atoms with Gasteiger partial charge in [0.25, 0.3) is 0 Å². The first-order valence-electron chi connectivity index (χ1n) is 9.39. The van der Waals surface area contributed by atoms with Crippen molar-refractivity contribution in [1.29, 1.82) is 0 Å². The predicted molar refractivity (Wildman–Crippen MR) is 115 cm³/mol. The zero-order chi connectivity index (χ0) is 21.9. The molecule has 12 heteroatoms. The van der Waals surface area contributed by atoms with Gasteiger partial charge in [-0.2, -0.15) is 4.31 Å². The Morgan fingerprint density at radius 3 is 2.63 bits per heavy atom. The molecule has 1 saturated heterocycles. The molecule has 0 saturated carbocycles. The van der Waals surface area contributed by atoms with E-state index in [4.69, 9.17) is 16.3 Å². The van der Waals surface area contributed by atoms with Crippen molar-refractivity contribution in [3.05, 3.63) is 29.0 Å². The zero-order valence-electron chi connectivity index (χ0n) is 17.0. The minimum Gasteiger partial charge on any atom is -0.379 e. The number of hydrogen-bond acceptors (Lipinski definition) is 7. The van der Waals surface area contributed by atoms with Gasteiger partial charge in [0, 0.05) is 31.7 Å². The normalized spacial score (nSPS) is 15.5. The quantitative estimate of drug-likeness (QED) is 0.615. The van der Waals surface area contributed by atoms with Crippen LogP contribution < -0.4 is 5.32 Å². The molecule has 0 atom stereocenters. The molecule has 1 aromatic heterocycles. The van der Waals surface area contributed by atoms with Gasteiger partial charge in [-0.15, -0.1) is 10.2 Å². The minimum atomic E-state index is -3.77. The summed E-state index contributed by atoms with van der Waals surface area (Å²) in [6.07, 6.45) is 0. The number of nitrogens with zero attached hydrogens (tertiary/aromatic N) is 4. The number of morpholine rings is 1. The summed E-state index contributed by atoms with van der Waals surface area (Å²) in [4.78, 5) is 12.4. The number of rotatable bonds is 7. The van der Waals surface area contributed by atoms with Crippen LogP contribution in [0.25, 0.3) is 0 Å². The number of halogens is 1. The van der Waals surface area contributed by atoms with Gasteiger partial charge in [-0.1, -0.05) is 37.2 Å². The summed E-state index contributed by atoms with van der Waals surface area (Å²) < 4.78 is 34.2. The van der Waals surface area contributed by atoms with E-state index in [0.717, 1.165) is 5.82 Å². The summed E-state index contributed by atoms with van der Waals surface area (Å²) in [6, 6.07) is 4.42. The lowest BCUT2D eigenvalue weighted by atomic mass is 10.2. The molecule has 1 aliphatic heterocycles. The van der Waals surface area contributed by atoms with Gasteiger partial charge in [-0.3, -0.25) is 4.79 Å². The number of thioether (sulfide) groups is 1. The zero-order valence-corrected chi connectivity index (χ0v) is 19.4. The molecular weight excluding hydrogens is 450 g/mol. The Bertz CT molecular complexity index is 1020. The molecule has 164 valence electrons. The van der Waals surface area contributed by atoms with E-state index in [-0.39, 0.29) is 40.6 Å². The standard InChI is InChI=1S/C18H24ClN5O4S2/c1-12(2)17-21-22-18(23(17)3)29-11-16(25)20-13-4-5-14(19)15(10-13)30(26,27)24-6-8-28-9-7-24/h4-5,10,12H,6-9,11H2,1-3H3,(H,20,25). The molecule has 0 aliphatic carbocycles. The molecule has 1 N–H and O–H groups in total. The fraction of sp³-hybridized carbons (Fsp3) is 0.500. The first-order valence-corrected chi connectivity index (χ1v) is 12.2. The average Bonchev–Trinajstić information content (AvgIpc) is 3.09. The van der Waals surface area contributed by atoms with Gasteiger partial charge >= 0.3 is 0 Å². The number of hydrogen-bond donors (Lipinski definition) is 1. The van der Waals surface area contributed by atoms with Gasteiger partial charge in [0.2, 0.25) is 15.9 Å². The third kappa shape index (κ3) is 5.14. The molecule has 9 nitrogen and oxygen atoms in total. The molecule has 0 bridgehead atoms. The van der Waals surface area contributed by atoms with Crippen LogP contribution in [0.3, 0.4) is 0 Å². The highest BCUT2D eigenvalue weighted by atomic mass is 35.5. The van der Waals surface area contributed by atoms with Gasteiger partial charge in [0.1, 0.15) is 10.7 Å².